The van der Waals surface area contributed by atoms with Crippen LogP contribution in [0.5, 0.6) is 0 Å². The Morgan fingerprint density at radius 1 is 0.870 bits per heavy atom. The molecule has 5 heteroatoms. The minimum Gasteiger partial charge on any atom is -0.772 e. The average Bonchev–Trinajstić information content (AvgIpc) is 2.56. The van der Waals surface area contributed by atoms with Gasteiger partial charge in [-0.05, 0) is 34.9 Å². The molecule has 0 N–H and O–H groups in total. The maximum atomic E-state index is 12.1. The number of nitrogens with zero attached hydrogens (tertiary/aromatic N) is 1. The van der Waals surface area contributed by atoms with E-state index < -0.39 is 11.1 Å². The molecule has 116 valence electrons. The van der Waals surface area contributed by atoms with Crippen LogP contribution in [0.25, 0.3) is 16.8 Å². The van der Waals surface area contributed by atoms with Gasteiger partial charge in [0, 0.05) is 23.7 Å². The maximum absolute atomic E-state index is 12.1. The standard InChI is InChI=1S/C18H15NO3S/c20-18-11-10-16(12-19(18)17-4-2-1-3-5-17)15-8-6-14(7-9-15)13-23(21)22/h1-12H,13H2,(H,21,22)/p-1. The van der Waals surface area contributed by atoms with Gasteiger partial charge in [0.25, 0.3) is 5.56 Å². The number of hydrogen-bond acceptors (Lipinski definition) is 3. The molecule has 3 rings (SSSR count). The molecule has 1 heterocycles. The molecule has 0 radical (unpaired) electrons. The zero-order chi connectivity index (χ0) is 16.2. The van der Waals surface area contributed by atoms with E-state index in [4.69, 9.17) is 0 Å². The molecule has 1 aromatic heterocycles. The highest BCUT2D eigenvalue weighted by molar-refractivity contribution is 7.78. The van der Waals surface area contributed by atoms with Crippen molar-refractivity contribution in [3.05, 3.63) is 88.8 Å². The Hall–Kier alpha value is -2.50. The van der Waals surface area contributed by atoms with E-state index in [9.17, 15) is 13.6 Å². The third kappa shape index (κ3) is 3.64. The highest BCUT2D eigenvalue weighted by atomic mass is 32.2. The second-order valence-electron chi connectivity index (χ2n) is 5.11. The van der Waals surface area contributed by atoms with Crippen molar-refractivity contribution >= 4 is 11.1 Å². The molecule has 0 saturated heterocycles. The third-order valence-electron chi connectivity index (χ3n) is 3.52. The zero-order valence-electron chi connectivity index (χ0n) is 12.2. The minimum absolute atomic E-state index is 0.00376. The summed E-state index contributed by atoms with van der Waals surface area (Å²) in [7, 11) is 0. The molecule has 0 aliphatic heterocycles. The molecule has 0 aliphatic rings. The van der Waals surface area contributed by atoms with Gasteiger partial charge in [-0.25, -0.2) is 0 Å². The van der Waals surface area contributed by atoms with Crippen molar-refractivity contribution in [1.82, 2.24) is 4.57 Å². The summed E-state index contributed by atoms with van der Waals surface area (Å²) in [5.41, 5.74) is 3.26. The van der Waals surface area contributed by atoms with E-state index in [1.165, 1.54) is 6.07 Å². The SMILES string of the molecule is O=c1ccc(-c2ccc(CS(=O)[O-])cc2)cn1-c1ccccc1. The average molecular weight is 324 g/mol. The summed E-state index contributed by atoms with van der Waals surface area (Å²) in [6, 6.07) is 20.0. The van der Waals surface area contributed by atoms with Crippen molar-refractivity contribution in [2.24, 2.45) is 0 Å². The van der Waals surface area contributed by atoms with Crippen LogP contribution < -0.4 is 5.56 Å². The molecule has 0 bridgehead atoms. The number of benzene rings is 2. The fourth-order valence-corrected chi connectivity index (χ4v) is 2.84. The van der Waals surface area contributed by atoms with Crippen LogP contribution in [0.15, 0.2) is 77.7 Å². The van der Waals surface area contributed by atoms with Crippen LogP contribution in [0, 0.1) is 0 Å². The normalized spacial score (nSPS) is 12.0. The molecular formula is C18H14NO3S-. The summed E-state index contributed by atoms with van der Waals surface area (Å²) in [5.74, 6) is 0.00376. The minimum atomic E-state index is -2.09. The second-order valence-corrected chi connectivity index (χ2v) is 6.00. The first kappa shape index (κ1) is 15.4. The molecule has 1 atom stereocenters. The summed E-state index contributed by atoms with van der Waals surface area (Å²) in [6.07, 6.45) is 1.79. The second kappa shape index (κ2) is 6.73. The van der Waals surface area contributed by atoms with Crippen LogP contribution >= 0.6 is 0 Å². The summed E-state index contributed by atoms with van der Waals surface area (Å²) >= 11 is -2.09. The van der Waals surface area contributed by atoms with E-state index in [1.54, 1.807) is 29.0 Å². The molecule has 0 aliphatic carbocycles. The molecule has 0 fully saturated rings. The summed E-state index contributed by atoms with van der Waals surface area (Å²) in [5, 5.41) is 0. The molecule has 0 amide bonds. The summed E-state index contributed by atoms with van der Waals surface area (Å²) < 4.78 is 23.0. The molecule has 2 aromatic carbocycles. The zero-order valence-corrected chi connectivity index (χ0v) is 13.0. The number of hydrogen-bond donors (Lipinski definition) is 0. The molecule has 3 aromatic rings. The van der Waals surface area contributed by atoms with Crippen LogP contribution in [-0.4, -0.2) is 13.3 Å². The van der Waals surface area contributed by atoms with Gasteiger partial charge in [-0.2, -0.15) is 0 Å². The molecular weight excluding hydrogens is 310 g/mol. The number of para-hydroxylation sites is 1. The first-order valence-corrected chi connectivity index (χ1v) is 8.31. The smallest absolute Gasteiger partial charge is 0.255 e. The fraction of sp³-hybridized carbons (Fsp3) is 0.0556. The van der Waals surface area contributed by atoms with E-state index in [1.807, 2.05) is 42.5 Å². The molecule has 4 nitrogen and oxygen atoms in total. The Labute approximate surface area is 136 Å². The van der Waals surface area contributed by atoms with Gasteiger partial charge in [-0.3, -0.25) is 13.6 Å². The third-order valence-corrected chi connectivity index (χ3v) is 4.09. The van der Waals surface area contributed by atoms with Crippen molar-refractivity contribution in [3.8, 4) is 16.8 Å². The Balaban J connectivity index is 1.98. The lowest BCUT2D eigenvalue weighted by Gasteiger charge is -2.10. The number of pyridine rings is 1. The van der Waals surface area contributed by atoms with Crippen molar-refractivity contribution in [2.75, 3.05) is 0 Å². The number of aromatic nitrogens is 1. The van der Waals surface area contributed by atoms with Gasteiger partial charge in [0.2, 0.25) is 0 Å². The quantitative estimate of drug-likeness (QED) is 0.693. The van der Waals surface area contributed by atoms with Gasteiger partial charge >= 0.3 is 0 Å². The Bertz CT molecular complexity index is 886. The molecule has 0 spiro atoms. The Morgan fingerprint density at radius 2 is 1.52 bits per heavy atom. The maximum Gasteiger partial charge on any atom is 0.255 e. The van der Waals surface area contributed by atoms with Gasteiger partial charge in [-0.15, -0.1) is 0 Å². The van der Waals surface area contributed by atoms with Crippen LogP contribution in [0.4, 0.5) is 0 Å². The Morgan fingerprint density at radius 3 is 2.17 bits per heavy atom. The van der Waals surface area contributed by atoms with Gasteiger partial charge in [-0.1, -0.05) is 53.5 Å². The lowest BCUT2D eigenvalue weighted by atomic mass is 10.1. The van der Waals surface area contributed by atoms with Gasteiger partial charge in [0.15, 0.2) is 0 Å². The molecule has 23 heavy (non-hydrogen) atoms. The van der Waals surface area contributed by atoms with Crippen molar-refractivity contribution in [3.63, 3.8) is 0 Å². The molecule has 1 unspecified atom stereocenters. The monoisotopic (exact) mass is 324 g/mol. The summed E-state index contributed by atoms with van der Waals surface area (Å²) in [4.78, 5) is 12.1. The predicted molar refractivity (Wildman–Crippen MR) is 90.1 cm³/mol. The van der Waals surface area contributed by atoms with E-state index >= 15 is 0 Å². The van der Waals surface area contributed by atoms with E-state index in [2.05, 4.69) is 0 Å². The van der Waals surface area contributed by atoms with Crippen LogP contribution in [-0.2, 0) is 16.8 Å². The first-order chi connectivity index (χ1) is 11.1. The largest absolute Gasteiger partial charge is 0.772 e. The lowest BCUT2D eigenvalue weighted by molar-refractivity contribution is 0.536. The highest BCUT2D eigenvalue weighted by Gasteiger charge is 2.03. The van der Waals surface area contributed by atoms with Crippen LogP contribution in [0.2, 0.25) is 0 Å². The highest BCUT2D eigenvalue weighted by Crippen LogP contribution is 2.20. The first-order valence-electron chi connectivity index (χ1n) is 7.07. The van der Waals surface area contributed by atoms with Crippen LogP contribution in [0.1, 0.15) is 5.56 Å². The van der Waals surface area contributed by atoms with E-state index in [0.29, 0.717) is 0 Å². The van der Waals surface area contributed by atoms with Gasteiger partial charge < -0.3 is 4.55 Å². The van der Waals surface area contributed by atoms with Crippen molar-refractivity contribution in [2.45, 2.75) is 5.75 Å². The molecule has 0 saturated carbocycles. The van der Waals surface area contributed by atoms with E-state index in [0.717, 1.165) is 22.4 Å². The van der Waals surface area contributed by atoms with Gasteiger partial charge in [0.1, 0.15) is 0 Å². The van der Waals surface area contributed by atoms with Crippen LogP contribution in [0.3, 0.4) is 0 Å². The Kier molecular flexibility index (Phi) is 4.50. The number of rotatable bonds is 4. The predicted octanol–water partition coefficient (Wildman–Crippen LogP) is 2.88. The topological polar surface area (TPSA) is 62.1 Å². The van der Waals surface area contributed by atoms with Gasteiger partial charge in [0.05, 0.1) is 0 Å². The van der Waals surface area contributed by atoms with Crippen molar-refractivity contribution in [1.29, 1.82) is 0 Å². The van der Waals surface area contributed by atoms with Crippen molar-refractivity contribution < 1.29 is 8.76 Å². The fourth-order valence-electron chi connectivity index (χ4n) is 2.38. The lowest BCUT2D eigenvalue weighted by Crippen LogP contribution is -2.16. The van der Waals surface area contributed by atoms with E-state index in [-0.39, 0.29) is 11.3 Å². The summed E-state index contributed by atoms with van der Waals surface area (Å²) in [6.45, 7) is 0.